The molecule has 8 heterocycles. The van der Waals surface area contributed by atoms with Gasteiger partial charge in [0.1, 0.15) is 11.0 Å². The second-order valence-corrected chi connectivity index (χ2v) is 24.8. The van der Waals surface area contributed by atoms with Gasteiger partial charge in [-0.25, -0.2) is 39.9 Å². The van der Waals surface area contributed by atoms with Crippen molar-refractivity contribution in [3.8, 4) is 85.4 Å². The van der Waals surface area contributed by atoms with E-state index in [0.29, 0.717) is 34.9 Å². The van der Waals surface area contributed by atoms with E-state index in [4.69, 9.17) is 34.9 Å². The first kappa shape index (κ1) is 58.3. The van der Waals surface area contributed by atoms with Crippen molar-refractivity contribution >= 4 is 93.7 Å². The fourth-order valence-electron chi connectivity index (χ4n) is 13.3. The van der Waals surface area contributed by atoms with Crippen LogP contribution < -0.4 is 0 Å². The van der Waals surface area contributed by atoms with E-state index in [-0.39, 0.29) is 0 Å². The molecule has 0 aliphatic rings. The van der Waals surface area contributed by atoms with Crippen LogP contribution in [-0.2, 0) is 0 Å². The van der Waals surface area contributed by atoms with Crippen molar-refractivity contribution in [3.05, 3.63) is 332 Å². The van der Waals surface area contributed by atoms with Gasteiger partial charge in [-0.05, 0) is 84.9 Å². The second-order valence-electron chi connectivity index (χ2n) is 23.8. The van der Waals surface area contributed by atoms with Gasteiger partial charge in [0, 0.05) is 65.7 Å². The summed E-state index contributed by atoms with van der Waals surface area (Å²) >= 11 is 3.52. The van der Waals surface area contributed by atoms with E-state index in [1.54, 1.807) is 0 Å². The summed E-state index contributed by atoms with van der Waals surface area (Å²) in [5.41, 5.74) is 19.6. The van der Waals surface area contributed by atoms with Crippen LogP contribution in [0.25, 0.3) is 163 Å². The first-order valence-corrected chi connectivity index (χ1v) is 33.3. The van der Waals surface area contributed by atoms with Crippen LogP contribution in [0.15, 0.2) is 332 Å². The number of aromatic nitrogens is 14. The maximum Gasteiger partial charge on any atom is 0.221 e. The number of H-pyrrole nitrogens is 1. The Bertz CT molecular complexity index is 6240. The molecule has 12 aromatic carbocycles. The summed E-state index contributed by atoms with van der Waals surface area (Å²) < 4.78 is 12.4. The van der Waals surface area contributed by atoms with Gasteiger partial charge in [-0.1, -0.05) is 259 Å². The molecule has 0 amide bonds. The molecule has 0 unspecified atom stereocenters. The van der Waals surface area contributed by atoms with Gasteiger partial charge >= 0.3 is 0 Å². The lowest BCUT2D eigenvalue weighted by molar-refractivity contribution is 1.07. The van der Waals surface area contributed by atoms with Crippen molar-refractivity contribution in [2.24, 2.45) is 0 Å². The van der Waals surface area contributed by atoms with Crippen LogP contribution in [0, 0.1) is 0 Å². The van der Waals surface area contributed by atoms with E-state index >= 15 is 0 Å². The minimum absolute atomic E-state index is 0.606. The smallest absolute Gasteiger partial charge is 0.221 e. The summed E-state index contributed by atoms with van der Waals surface area (Å²) in [6.45, 7) is 0. The van der Waals surface area contributed by atoms with Crippen molar-refractivity contribution in [2.45, 2.75) is 0 Å². The van der Waals surface area contributed by atoms with Gasteiger partial charge in [0.2, 0.25) is 11.6 Å². The molecular weight excluding hydrogens is 1280 g/mol. The van der Waals surface area contributed by atoms with Crippen LogP contribution in [0.5, 0.6) is 0 Å². The predicted molar refractivity (Wildman–Crippen MR) is 401 cm³/mol. The van der Waals surface area contributed by atoms with Gasteiger partial charge in [0.05, 0.1) is 33.1 Å². The molecule has 0 aliphatic carbocycles. The van der Waals surface area contributed by atoms with Gasteiger partial charge in [0.15, 0.2) is 46.2 Å². The number of benzene rings is 12. The topological polar surface area (TPSA) is 143 Å². The summed E-state index contributed by atoms with van der Waals surface area (Å²) in [5, 5.41) is 2.31. The van der Waals surface area contributed by atoms with Crippen molar-refractivity contribution in [2.75, 3.05) is 0 Å². The first-order valence-electron chi connectivity index (χ1n) is 32.5. The van der Waals surface area contributed by atoms with Crippen LogP contribution in [0.1, 0.15) is 0 Å². The van der Waals surface area contributed by atoms with Gasteiger partial charge in [-0.3, -0.25) is 22.5 Å². The fraction of sp³-hybridized carbons (Fsp3) is 0. The minimum atomic E-state index is 0.606. The number of nitrogens with zero attached hydrogens (tertiary/aromatic N) is 13. The van der Waals surface area contributed by atoms with Gasteiger partial charge in [0.25, 0.3) is 0 Å². The molecule has 20 aromatic rings. The predicted octanol–water partition coefficient (Wildman–Crippen LogP) is 20.1. The highest BCUT2D eigenvalue weighted by Crippen LogP contribution is 2.40. The molecule has 0 aliphatic heterocycles. The second kappa shape index (κ2) is 24.8. The van der Waals surface area contributed by atoms with E-state index in [9.17, 15) is 0 Å². The molecule has 20 rings (SSSR count). The lowest BCUT2D eigenvalue weighted by Crippen LogP contribution is -2.01. The average molecular weight is 1340 g/mol. The lowest BCUT2D eigenvalue weighted by Gasteiger charge is -2.10. The molecule has 0 spiro atoms. The van der Waals surface area contributed by atoms with E-state index in [0.717, 1.165) is 122 Å². The van der Waals surface area contributed by atoms with Gasteiger partial charge in [-0.15, -0.1) is 0 Å². The maximum absolute atomic E-state index is 5.22. The molecule has 99 heavy (non-hydrogen) atoms. The Balaban J connectivity index is 0.000000119. The quantitative estimate of drug-likeness (QED) is 0.151. The molecule has 0 saturated carbocycles. The summed E-state index contributed by atoms with van der Waals surface area (Å²) in [7, 11) is 0. The zero-order chi connectivity index (χ0) is 65.8. The number of hydrogen-bond donors (Lipinski definition) is 1. The normalized spacial score (nSPS) is 11.5. The van der Waals surface area contributed by atoms with Gasteiger partial charge < -0.3 is 4.98 Å². The number of rotatable bonds is 9. The Morgan fingerprint density at radius 2 is 0.667 bits per heavy atom. The lowest BCUT2D eigenvalue weighted by atomic mass is 10.1. The molecule has 0 radical (unpaired) electrons. The zero-order valence-electron chi connectivity index (χ0n) is 52.9. The highest BCUT2D eigenvalue weighted by Gasteiger charge is 2.26. The molecule has 0 bridgehead atoms. The van der Waals surface area contributed by atoms with Crippen molar-refractivity contribution in [1.29, 1.82) is 0 Å². The number of hydrogen-bond acceptors (Lipinski definition) is 8. The summed E-state index contributed by atoms with van der Waals surface area (Å²) in [6, 6.07) is 111. The van der Waals surface area contributed by atoms with Crippen LogP contribution in [0.2, 0.25) is 0 Å². The Labute approximate surface area is 574 Å². The first-order chi connectivity index (χ1) is 49.0. The van der Waals surface area contributed by atoms with E-state index in [2.05, 4.69) is 212 Å². The Morgan fingerprint density at radius 3 is 1.20 bits per heavy atom. The molecule has 8 aromatic heterocycles. The largest absolute Gasteiger partial charge is 0.323 e. The van der Waals surface area contributed by atoms with Crippen LogP contribution in [-0.4, -0.2) is 67.4 Å². The number of halogens is 1. The molecular formula is C84H55BrN14. The molecule has 1 N–H and O–H groups in total. The SMILES string of the molecule is Brc1cccc(-c2nc(-c3ccccc3)nc(-c3ccccc3)n2)c1.c1ccc(-c2nc(-c3ccccc3)nc(-c3cccc(-n4c5c6ccccc6n(-c6ccccc6)c5n5c6ccccc6nc45)c3)n2)cc1.c1ccc(-n2c3ccccc3c3nc4[nH]c5ccccc5n4c32)cc1. The standard InChI is InChI=1S/C42H27N7.C21H14BrN3.C21H14N4/c1-4-15-28(16-5-1)38-44-39(29-17-6-2-7-18-29)46-40(45-38)30-19-14-22-32(27-30)48-37-33-23-10-12-25-35(33)47(31-20-8-3-9-21-31)41(37)49-36-26-13-11-24-34(36)43-42(48)49;22-18-13-7-12-17(14-18)21-24-19(15-8-3-1-4-9-15)23-20(25-21)16-10-5-2-6-11-16;1-2-8-14(9-3-1)24-17-12-6-4-10-15(17)19-20(24)25-18-13-7-5-11-16(18)22-21(25)23-19/h1-27H;1-14H;1-13H,(H,22,23). The average Bonchev–Trinajstić information content (AvgIpc) is 1.53. The van der Waals surface area contributed by atoms with Crippen molar-refractivity contribution in [1.82, 2.24) is 67.4 Å². The van der Waals surface area contributed by atoms with E-state index in [1.165, 1.54) is 10.9 Å². The minimum Gasteiger partial charge on any atom is -0.323 e. The number of imidazole rings is 4. The Hall–Kier alpha value is -13.2. The third-order valence-corrected chi connectivity index (χ3v) is 18.2. The van der Waals surface area contributed by atoms with E-state index < -0.39 is 0 Å². The molecule has 0 saturated heterocycles. The molecule has 468 valence electrons. The summed E-state index contributed by atoms with van der Waals surface area (Å²) in [4.78, 5) is 42.6. The molecule has 15 heteroatoms. The molecule has 0 fully saturated rings. The van der Waals surface area contributed by atoms with Crippen LogP contribution in [0.3, 0.4) is 0 Å². The summed E-state index contributed by atoms with van der Waals surface area (Å²) in [6.07, 6.45) is 0. The number of fused-ring (bicyclic) bond motifs is 14. The maximum atomic E-state index is 5.22. The summed E-state index contributed by atoms with van der Waals surface area (Å²) in [5.74, 6) is 5.58. The third-order valence-electron chi connectivity index (χ3n) is 17.7. The fourth-order valence-corrected chi connectivity index (χ4v) is 13.7. The zero-order valence-corrected chi connectivity index (χ0v) is 54.5. The number of nitrogens with one attached hydrogen (secondary N) is 1. The highest BCUT2D eigenvalue weighted by molar-refractivity contribution is 9.10. The molecule has 0 atom stereocenters. The number of para-hydroxylation sites is 8. The Morgan fingerprint density at radius 1 is 0.273 bits per heavy atom. The number of aromatic amines is 1. The highest BCUT2D eigenvalue weighted by atomic mass is 79.9. The van der Waals surface area contributed by atoms with Crippen molar-refractivity contribution in [3.63, 3.8) is 0 Å². The molecule has 14 nitrogen and oxygen atoms in total. The third kappa shape index (κ3) is 10.5. The van der Waals surface area contributed by atoms with Crippen LogP contribution >= 0.6 is 15.9 Å². The van der Waals surface area contributed by atoms with Gasteiger partial charge in [-0.2, -0.15) is 0 Å². The Kier molecular flexibility index (Phi) is 14.6. The van der Waals surface area contributed by atoms with E-state index in [1.807, 2.05) is 164 Å². The van der Waals surface area contributed by atoms with Crippen LogP contribution in [0.4, 0.5) is 0 Å². The monoisotopic (exact) mass is 1340 g/mol. The van der Waals surface area contributed by atoms with Crippen molar-refractivity contribution < 1.29 is 0 Å².